The lowest BCUT2D eigenvalue weighted by molar-refractivity contribution is -0.157. The van der Waals surface area contributed by atoms with Crippen LogP contribution < -0.4 is 0 Å². The van der Waals surface area contributed by atoms with Crippen molar-refractivity contribution >= 4 is 5.97 Å². The topological polar surface area (TPSA) is 39.4 Å². The third kappa shape index (κ3) is 4.00. The minimum absolute atomic E-state index is 0.158. The third-order valence-electron chi connectivity index (χ3n) is 4.32. The van der Waals surface area contributed by atoms with Crippen LogP contribution >= 0.6 is 0 Å². The Bertz CT molecular complexity index is 574. The van der Waals surface area contributed by atoms with Crippen molar-refractivity contribution < 1.29 is 13.9 Å². The molecule has 0 saturated carbocycles. The molecule has 0 saturated heterocycles. The summed E-state index contributed by atoms with van der Waals surface area (Å²) in [6.07, 6.45) is 3.10. The van der Waals surface area contributed by atoms with E-state index in [4.69, 9.17) is 9.15 Å². The van der Waals surface area contributed by atoms with Crippen LogP contribution in [-0.2, 0) is 16.1 Å². The van der Waals surface area contributed by atoms with Gasteiger partial charge in [-0.25, -0.2) is 0 Å². The van der Waals surface area contributed by atoms with E-state index in [0.717, 1.165) is 12.8 Å². The lowest BCUT2D eigenvalue weighted by atomic mass is 9.77. The number of esters is 1. The highest BCUT2D eigenvalue weighted by atomic mass is 16.5. The fraction of sp³-hybridized carbons (Fsp3) is 0.421. The highest BCUT2D eigenvalue weighted by Crippen LogP contribution is 2.35. The molecule has 0 bridgehead atoms. The normalized spacial score (nSPS) is 15.0. The van der Waals surface area contributed by atoms with Gasteiger partial charge < -0.3 is 9.15 Å². The Hall–Kier alpha value is -2.03. The molecule has 2 rings (SSSR count). The van der Waals surface area contributed by atoms with E-state index in [1.165, 1.54) is 5.56 Å². The summed E-state index contributed by atoms with van der Waals surface area (Å²) < 4.78 is 10.6. The Morgan fingerprint density at radius 1 is 1.23 bits per heavy atom. The first-order valence-corrected chi connectivity index (χ1v) is 7.79. The molecule has 2 aromatic rings. The fourth-order valence-corrected chi connectivity index (χ4v) is 2.65. The van der Waals surface area contributed by atoms with Gasteiger partial charge in [-0.2, -0.15) is 0 Å². The first kappa shape index (κ1) is 16.3. The summed E-state index contributed by atoms with van der Waals surface area (Å²) in [5.41, 5.74) is 0.767. The molecule has 22 heavy (non-hydrogen) atoms. The van der Waals surface area contributed by atoms with Crippen LogP contribution in [0.3, 0.4) is 0 Å². The summed E-state index contributed by atoms with van der Waals surface area (Å²) in [6.45, 7) is 6.37. The number of carbonyl (C=O) groups excluding carboxylic acids is 1. The summed E-state index contributed by atoms with van der Waals surface area (Å²) >= 11 is 0. The first-order valence-electron chi connectivity index (χ1n) is 7.79. The van der Waals surface area contributed by atoms with Gasteiger partial charge in [0.25, 0.3) is 0 Å². The molecule has 1 aromatic carbocycles. The highest BCUT2D eigenvalue weighted by molar-refractivity contribution is 5.76. The summed E-state index contributed by atoms with van der Waals surface area (Å²) in [6, 6.07) is 13.9. The molecule has 118 valence electrons. The van der Waals surface area contributed by atoms with E-state index in [1.54, 1.807) is 12.3 Å². The van der Waals surface area contributed by atoms with Gasteiger partial charge in [-0.15, -0.1) is 0 Å². The van der Waals surface area contributed by atoms with Gasteiger partial charge in [-0.3, -0.25) is 4.79 Å². The van der Waals surface area contributed by atoms with Crippen LogP contribution in [0.1, 0.15) is 50.9 Å². The van der Waals surface area contributed by atoms with Crippen molar-refractivity contribution in [2.75, 3.05) is 0 Å². The predicted octanol–water partition coefficient (Wildman–Crippen LogP) is 4.93. The second-order valence-electron chi connectivity index (χ2n) is 6.09. The lowest BCUT2D eigenvalue weighted by Crippen LogP contribution is -2.30. The molecular formula is C19H24O3. The van der Waals surface area contributed by atoms with Crippen molar-refractivity contribution in [2.45, 2.75) is 46.1 Å². The van der Waals surface area contributed by atoms with Gasteiger partial charge in [0.05, 0.1) is 11.7 Å². The first-order chi connectivity index (χ1) is 10.5. The summed E-state index contributed by atoms with van der Waals surface area (Å²) in [4.78, 5) is 12.5. The van der Waals surface area contributed by atoms with Crippen molar-refractivity contribution in [3.63, 3.8) is 0 Å². The minimum atomic E-state index is -0.484. The van der Waals surface area contributed by atoms with Crippen molar-refractivity contribution in [3.8, 4) is 0 Å². The van der Waals surface area contributed by atoms with Gasteiger partial charge >= 0.3 is 5.97 Å². The Kier molecular flexibility index (Phi) is 5.42. The molecule has 1 heterocycles. The summed E-state index contributed by atoms with van der Waals surface area (Å²) in [5, 5.41) is 0. The quantitative estimate of drug-likeness (QED) is 0.680. The number of benzene rings is 1. The van der Waals surface area contributed by atoms with Crippen LogP contribution in [0.15, 0.2) is 53.1 Å². The SMILES string of the molecule is CCC(C)(CC(C)c1ccccc1)C(=O)OCc1ccco1. The van der Waals surface area contributed by atoms with Gasteiger partial charge in [0.2, 0.25) is 0 Å². The molecule has 0 radical (unpaired) electrons. The van der Waals surface area contributed by atoms with Gasteiger partial charge in [-0.1, -0.05) is 44.2 Å². The molecule has 0 spiro atoms. The maximum atomic E-state index is 12.5. The second-order valence-corrected chi connectivity index (χ2v) is 6.09. The molecule has 1 aromatic heterocycles. The lowest BCUT2D eigenvalue weighted by Gasteiger charge is -2.29. The average Bonchev–Trinajstić information content (AvgIpc) is 3.06. The van der Waals surface area contributed by atoms with E-state index in [2.05, 4.69) is 19.1 Å². The van der Waals surface area contributed by atoms with Crippen molar-refractivity contribution in [1.29, 1.82) is 0 Å². The molecule has 3 nitrogen and oxygen atoms in total. The van der Waals surface area contributed by atoms with Crippen LogP contribution in [0.4, 0.5) is 0 Å². The molecule has 3 heteroatoms. The monoisotopic (exact) mass is 300 g/mol. The maximum absolute atomic E-state index is 12.5. The van der Waals surface area contributed by atoms with Gasteiger partial charge in [0.1, 0.15) is 12.4 Å². The van der Waals surface area contributed by atoms with Crippen LogP contribution in [0.2, 0.25) is 0 Å². The zero-order valence-electron chi connectivity index (χ0n) is 13.5. The number of hydrogen-bond acceptors (Lipinski definition) is 3. The zero-order chi connectivity index (χ0) is 16.0. The molecule has 2 atom stereocenters. The highest BCUT2D eigenvalue weighted by Gasteiger charge is 2.35. The van der Waals surface area contributed by atoms with Crippen molar-refractivity contribution in [3.05, 3.63) is 60.1 Å². The Labute approximate surface area is 132 Å². The fourth-order valence-electron chi connectivity index (χ4n) is 2.65. The molecule has 2 unspecified atom stereocenters. The Morgan fingerprint density at radius 3 is 2.55 bits per heavy atom. The number of ether oxygens (including phenoxy) is 1. The maximum Gasteiger partial charge on any atom is 0.312 e. The number of carbonyl (C=O) groups is 1. The van der Waals surface area contributed by atoms with Crippen LogP contribution in [0, 0.1) is 5.41 Å². The predicted molar refractivity (Wildman–Crippen MR) is 86.4 cm³/mol. The van der Waals surface area contributed by atoms with E-state index in [0.29, 0.717) is 11.7 Å². The second kappa shape index (κ2) is 7.30. The largest absolute Gasteiger partial charge is 0.466 e. The molecule has 0 aliphatic carbocycles. The zero-order valence-corrected chi connectivity index (χ0v) is 13.5. The molecule has 0 aliphatic rings. The van der Waals surface area contributed by atoms with E-state index >= 15 is 0 Å². The molecule has 0 N–H and O–H groups in total. The third-order valence-corrected chi connectivity index (χ3v) is 4.32. The number of furan rings is 1. The van der Waals surface area contributed by atoms with Crippen molar-refractivity contribution in [1.82, 2.24) is 0 Å². The number of rotatable bonds is 7. The number of hydrogen-bond donors (Lipinski definition) is 0. The standard InChI is InChI=1S/C19H24O3/c1-4-19(3,13-15(2)16-9-6-5-7-10-16)18(20)22-14-17-11-8-12-21-17/h5-12,15H,4,13-14H2,1-3H3. The van der Waals surface area contributed by atoms with Gasteiger partial charge in [0, 0.05) is 0 Å². The van der Waals surface area contributed by atoms with Crippen LogP contribution in [0.25, 0.3) is 0 Å². The molecule has 0 aliphatic heterocycles. The Balaban J connectivity index is 1.99. The van der Waals surface area contributed by atoms with Crippen LogP contribution in [0.5, 0.6) is 0 Å². The van der Waals surface area contributed by atoms with Gasteiger partial charge in [0.15, 0.2) is 0 Å². The van der Waals surface area contributed by atoms with E-state index in [1.807, 2.05) is 38.1 Å². The molecule has 0 fully saturated rings. The van der Waals surface area contributed by atoms with E-state index in [-0.39, 0.29) is 12.6 Å². The minimum Gasteiger partial charge on any atom is -0.466 e. The van der Waals surface area contributed by atoms with E-state index in [9.17, 15) is 4.79 Å². The Morgan fingerprint density at radius 2 is 1.95 bits per heavy atom. The summed E-state index contributed by atoms with van der Waals surface area (Å²) in [5.74, 6) is 0.819. The summed E-state index contributed by atoms with van der Waals surface area (Å²) in [7, 11) is 0. The average molecular weight is 300 g/mol. The van der Waals surface area contributed by atoms with E-state index < -0.39 is 5.41 Å². The smallest absolute Gasteiger partial charge is 0.312 e. The molecule has 0 amide bonds. The van der Waals surface area contributed by atoms with Crippen LogP contribution in [-0.4, -0.2) is 5.97 Å². The molecular weight excluding hydrogens is 276 g/mol. The van der Waals surface area contributed by atoms with Crippen molar-refractivity contribution in [2.24, 2.45) is 5.41 Å². The van der Waals surface area contributed by atoms with Gasteiger partial charge in [-0.05, 0) is 43.4 Å².